The van der Waals surface area contributed by atoms with E-state index < -0.39 is 17.7 Å². The zero-order chi connectivity index (χ0) is 20.5. The number of hydrogen-bond acceptors (Lipinski definition) is 4. The highest BCUT2D eigenvalue weighted by molar-refractivity contribution is 9.10. The molecule has 0 spiro atoms. The average molecular weight is 446 g/mol. The minimum atomic E-state index is -0.958. The minimum Gasteiger partial charge on any atom is -0.478 e. The van der Waals surface area contributed by atoms with Gasteiger partial charge in [-0.1, -0.05) is 12.1 Å². The van der Waals surface area contributed by atoms with Crippen LogP contribution in [-0.4, -0.2) is 22.8 Å². The fourth-order valence-corrected chi connectivity index (χ4v) is 3.25. The number of furan rings is 1. The molecular weight excluding hydrogens is 426 g/mol. The first kappa shape index (κ1) is 19.9. The highest BCUT2D eigenvalue weighted by Crippen LogP contribution is 2.33. The monoisotopic (exact) mass is 445 g/mol. The van der Waals surface area contributed by atoms with Gasteiger partial charge in [0.2, 0.25) is 0 Å². The number of fused-ring (bicyclic) bond motifs is 1. The number of alkyl carbamates (subject to hydrolysis) is 1. The second kappa shape index (κ2) is 7.67. The number of carbonyl (C=O) groups excluding carboxylic acids is 1. The average Bonchev–Trinajstić information content (AvgIpc) is 3.02. The lowest BCUT2D eigenvalue weighted by Gasteiger charge is -2.19. The van der Waals surface area contributed by atoms with Gasteiger partial charge in [0.05, 0.1) is 16.6 Å². The maximum Gasteiger partial charge on any atom is 0.408 e. The molecule has 1 aromatic heterocycles. The second-order valence-electron chi connectivity index (χ2n) is 7.33. The summed E-state index contributed by atoms with van der Waals surface area (Å²) < 4.78 is 11.8. The van der Waals surface area contributed by atoms with Crippen LogP contribution < -0.4 is 5.32 Å². The zero-order valence-electron chi connectivity index (χ0n) is 15.7. The SMILES string of the molecule is CC(C)(C)OC(=O)NCc1cc2cc(-c3ccc(C(=O)O)cc3)cc(Br)c2o1. The highest BCUT2D eigenvalue weighted by atomic mass is 79.9. The number of carbonyl (C=O) groups is 2. The van der Waals surface area contributed by atoms with Crippen LogP contribution in [0.1, 0.15) is 36.9 Å². The maximum atomic E-state index is 11.8. The summed E-state index contributed by atoms with van der Waals surface area (Å²) in [5.41, 5.74) is 2.16. The Bertz CT molecular complexity index is 1030. The number of benzene rings is 2. The summed E-state index contributed by atoms with van der Waals surface area (Å²) in [6.07, 6.45) is -0.508. The van der Waals surface area contributed by atoms with Crippen molar-refractivity contribution in [1.29, 1.82) is 0 Å². The highest BCUT2D eigenvalue weighted by Gasteiger charge is 2.17. The molecule has 0 atom stereocenters. The number of aromatic carboxylic acids is 1. The van der Waals surface area contributed by atoms with E-state index in [1.54, 1.807) is 45.0 Å². The Kier molecular flexibility index (Phi) is 5.47. The molecule has 1 heterocycles. The van der Waals surface area contributed by atoms with Crippen LogP contribution in [0.25, 0.3) is 22.1 Å². The molecular formula is C21H20BrNO5. The molecule has 28 heavy (non-hydrogen) atoms. The molecule has 2 N–H and O–H groups in total. The first-order valence-corrected chi connectivity index (χ1v) is 9.44. The zero-order valence-corrected chi connectivity index (χ0v) is 17.3. The van der Waals surface area contributed by atoms with Gasteiger partial charge < -0.3 is 19.6 Å². The van der Waals surface area contributed by atoms with E-state index in [1.165, 1.54) is 0 Å². The number of hydrogen-bond donors (Lipinski definition) is 2. The molecule has 146 valence electrons. The van der Waals surface area contributed by atoms with Crippen molar-refractivity contribution in [3.05, 3.63) is 58.3 Å². The molecule has 0 saturated carbocycles. The van der Waals surface area contributed by atoms with Gasteiger partial charge in [0.15, 0.2) is 0 Å². The van der Waals surface area contributed by atoms with Crippen LogP contribution in [-0.2, 0) is 11.3 Å². The largest absolute Gasteiger partial charge is 0.478 e. The van der Waals surface area contributed by atoms with Gasteiger partial charge in [-0.25, -0.2) is 9.59 Å². The number of amides is 1. The van der Waals surface area contributed by atoms with Gasteiger partial charge in [0, 0.05) is 5.39 Å². The molecule has 0 fully saturated rings. The van der Waals surface area contributed by atoms with E-state index in [1.807, 2.05) is 18.2 Å². The summed E-state index contributed by atoms with van der Waals surface area (Å²) in [4.78, 5) is 22.8. The topological polar surface area (TPSA) is 88.8 Å². The van der Waals surface area contributed by atoms with Crippen LogP contribution in [0.15, 0.2) is 51.4 Å². The smallest absolute Gasteiger partial charge is 0.408 e. The number of ether oxygens (including phenoxy) is 1. The molecule has 3 rings (SSSR count). The number of carboxylic acid groups (broad SMARTS) is 1. The van der Waals surface area contributed by atoms with Crippen molar-refractivity contribution in [3.8, 4) is 11.1 Å². The van der Waals surface area contributed by atoms with E-state index in [9.17, 15) is 9.59 Å². The van der Waals surface area contributed by atoms with Crippen LogP contribution in [0.3, 0.4) is 0 Å². The first-order chi connectivity index (χ1) is 13.1. The Hall–Kier alpha value is -2.80. The second-order valence-corrected chi connectivity index (χ2v) is 8.18. The lowest BCUT2D eigenvalue weighted by atomic mass is 10.0. The molecule has 0 aliphatic carbocycles. The van der Waals surface area contributed by atoms with Crippen LogP contribution in [0.5, 0.6) is 0 Å². The van der Waals surface area contributed by atoms with Crippen molar-refractivity contribution in [2.75, 3.05) is 0 Å². The third-order valence-corrected chi connectivity index (χ3v) is 4.48. The number of halogens is 1. The summed E-state index contributed by atoms with van der Waals surface area (Å²) in [6.45, 7) is 5.61. The quantitative estimate of drug-likeness (QED) is 0.546. The van der Waals surface area contributed by atoms with Crippen LogP contribution in [0.2, 0.25) is 0 Å². The van der Waals surface area contributed by atoms with Crippen molar-refractivity contribution in [3.63, 3.8) is 0 Å². The predicted octanol–water partition coefficient (Wildman–Crippen LogP) is 5.59. The van der Waals surface area contributed by atoms with Gasteiger partial charge >= 0.3 is 12.1 Å². The Labute approximate surface area is 170 Å². The summed E-state index contributed by atoms with van der Waals surface area (Å²) in [5, 5.41) is 12.6. The third-order valence-electron chi connectivity index (χ3n) is 3.89. The van der Waals surface area contributed by atoms with Crippen LogP contribution in [0.4, 0.5) is 4.79 Å². The van der Waals surface area contributed by atoms with E-state index in [0.717, 1.165) is 21.0 Å². The summed E-state index contributed by atoms with van der Waals surface area (Å²) in [6, 6.07) is 12.4. The number of nitrogens with one attached hydrogen (secondary N) is 1. The standard InChI is InChI=1S/C21H20BrNO5/c1-21(2,3)28-20(26)23-11-16-9-15-8-14(10-17(22)18(15)27-16)12-4-6-13(7-5-12)19(24)25/h4-10H,11H2,1-3H3,(H,23,26)(H,24,25). The Morgan fingerprint density at radius 1 is 1.11 bits per heavy atom. The molecule has 0 aliphatic heterocycles. The van der Waals surface area contributed by atoms with Crippen LogP contribution >= 0.6 is 15.9 Å². The Morgan fingerprint density at radius 2 is 1.79 bits per heavy atom. The molecule has 0 bridgehead atoms. The van der Waals surface area contributed by atoms with Gasteiger partial charge in [-0.05, 0) is 78.2 Å². The number of rotatable bonds is 4. The summed E-state index contributed by atoms with van der Waals surface area (Å²) in [7, 11) is 0. The van der Waals surface area contributed by atoms with E-state index >= 15 is 0 Å². The van der Waals surface area contributed by atoms with Gasteiger partial charge in [-0.2, -0.15) is 0 Å². The lowest BCUT2D eigenvalue weighted by Crippen LogP contribution is -2.32. The van der Waals surface area contributed by atoms with Gasteiger partial charge in [0.1, 0.15) is 16.9 Å². The van der Waals surface area contributed by atoms with Gasteiger partial charge in [-0.15, -0.1) is 0 Å². The molecule has 0 unspecified atom stereocenters. The van der Waals surface area contributed by atoms with Crippen molar-refractivity contribution < 1.29 is 23.8 Å². The van der Waals surface area contributed by atoms with Crippen molar-refractivity contribution >= 4 is 39.0 Å². The molecule has 2 aromatic carbocycles. The Morgan fingerprint density at radius 3 is 2.39 bits per heavy atom. The fourth-order valence-electron chi connectivity index (χ4n) is 2.70. The summed E-state index contributed by atoms with van der Waals surface area (Å²) >= 11 is 3.52. The molecule has 6 nitrogen and oxygen atoms in total. The van der Waals surface area contributed by atoms with Crippen molar-refractivity contribution in [2.24, 2.45) is 0 Å². The molecule has 1 amide bonds. The molecule has 0 radical (unpaired) electrons. The van der Waals surface area contributed by atoms with Gasteiger partial charge in [0.25, 0.3) is 0 Å². The minimum absolute atomic E-state index is 0.207. The van der Waals surface area contributed by atoms with E-state index in [0.29, 0.717) is 11.3 Å². The van der Waals surface area contributed by atoms with Crippen LogP contribution in [0, 0.1) is 0 Å². The maximum absolute atomic E-state index is 11.8. The lowest BCUT2D eigenvalue weighted by molar-refractivity contribution is 0.0519. The Balaban J connectivity index is 1.81. The first-order valence-electron chi connectivity index (χ1n) is 8.65. The predicted molar refractivity (Wildman–Crippen MR) is 109 cm³/mol. The summed E-state index contributed by atoms with van der Waals surface area (Å²) in [5.74, 6) is -0.361. The fraction of sp³-hybridized carbons (Fsp3) is 0.238. The molecule has 3 aromatic rings. The van der Waals surface area contributed by atoms with Crippen molar-refractivity contribution in [2.45, 2.75) is 32.9 Å². The molecule has 7 heteroatoms. The van der Waals surface area contributed by atoms with E-state index in [-0.39, 0.29) is 12.1 Å². The molecule has 0 saturated heterocycles. The van der Waals surface area contributed by atoms with Crippen molar-refractivity contribution in [1.82, 2.24) is 5.32 Å². The molecule has 0 aliphatic rings. The van der Waals surface area contributed by atoms with E-state index in [4.69, 9.17) is 14.3 Å². The van der Waals surface area contributed by atoms with E-state index in [2.05, 4.69) is 21.2 Å². The van der Waals surface area contributed by atoms with Gasteiger partial charge in [-0.3, -0.25) is 0 Å². The third kappa shape index (κ3) is 4.72. The normalized spacial score (nSPS) is 11.4. The number of carboxylic acids is 1.